The van der Waals surface area contributed by atoms with Crippen LogP contribution in [0, 0.1) is 0 Å². The minimum atomic E-state index is 0.0549. The van der Waals surface area contributed by atoms with Crippen LogP contribution in [0.5, 0.6) is 0 Å². The minimum Gasteiger partial charge on any atom is -0.339 e. The van der Waals surface area contributed by atoms with Crippen LogP contribution in [-0.2, 0) is 24.2 Å². The van der Waals surface area contributed by atoms with Crippen molar-refractivity contribution in [2.75, 3.05) is 6.54 Å². The fourth-order valence-corrected chi connectivity index (χ4v) is 3.14. The Morgan fingerprint density at radius 1 is 1.31 bits per heavy atom. The van der Waals surface area contributed by atoms with Crippen molar-refractivity contribution < 1.29 is 9.32 Å². The highest BCUT2D eigenvalue weighted by molar-refractivity contribution is 6.30. The second kappa shape index (κ2) is 7.21. The van der Waals surface area contributed by atoms with Crippen LogP contribution in [0.25, 0.3) is 11.4 Å². The predicted molar refractivity (Wildman–Crippen MR) is 94.2 cm³/mol. The highest BCUT2D eigenvalue weighted by atomic mass is 35.5. The number of carbonyl (C=O) groups is 1. The molecular formula is C18H16ClN5O2. The molecule has 4 heterocycles. The number of aromatic nitrogens is 4. The molecule has 0 saturated carbocycles. The summed E-state index contributed by atoms with van der Waals surface area (Å²) in [4.78, 5) is 27.0. The van der Waals surface area contributed by atoms with Crippen LogP contribution in [-0.4, -0.2) is 37.5 Å². The summed E-state index contributed by atoms with van der Waals surface area (Å²) in [7, 11) is 0. The van der Waals surface area contributed by atoms with Gasteiger partial charge in [0.05, 0.1) is 5.02 Å². The van der Waals surface area contributed by atoms with E-state index in [2.05, 4.69) is 20.1 Å². The van der Waals surface area contributed by atoms with Crippen molar-refractivity contribution in [3.63, 3.8) is 0 Å². The third-order valence-electron chi connectivity index (χ3n) is 4.32. The highest BCUT2D eigenvalue weighted by Crippen LogP contribution is 2.21. The number of halogens is 1. The molecule has 0 aliphatic carbocycles. The molecule has 7 nitrogen and oxygen atoms in total. The molecule has 1 amide bonds. The molecule has 0 bridgehead atoms. The fraction of sp³-hybridized carbons (Fsp3) is 0.278. The number of amides is 1. The van der Waals surface area contributed by atoms with Crippen LogP contribution in [0.15, 0.2) is 41.3 Å². The van der Waals surface area contributed by atoms with Gasteiger partial charge in [0.15, 0.2) is 0 Å². The summed E-state index contributed by atoms with van der Waals surface area (Å²) in [5.41, 5.74) is 2.85. The SMILES string of the molecule is O=C(CCc1nc(-c2ccncc2)no1)N1CCc2ncc(Cl)cc2C1. The summed E-state index contributed by atoms with van der Waals surface area (Å²) in [6.45, 7) is 1.19. The Kier molecular flexibility index (Phi) is 4.62. The molecule has 0 spiro atoms. The van der Waals surface area contributed by atoms with E-state index in [1.54, 1.807) is 18.6 Å². The van der Waals surface area contributed by atoms with E-state index in [1.165, 1.54) is 0 Å². The van der Waals surface area contributed by atoms with Gasteiger partial charge in [-0.05, 0) is 23.8 Å². The van der Waals surface area contributed by atoms with Gasteiger partial charge in [0, 0.05) is 62.2 Å². The number of nitrogens with zero attached hydrogens (tertiary/aromatic N) is 5. The largest absolute Gasteiger partial charge is 0.339 e. The topological polar surface area (TPSA) is 85.0 Å². The molecule has 1 aliphatic heterocycles. The van der Waals surface area contributed by atoms with E-state index < -0.39 is 0 Å². The number of pyridine rings is 2. The van der Waals surface area contributed by atoms with E-state index in [0.717, 1.165) is 23.2 Å². The molecule has 0 N–H and O–H groups in total. The van der Waals surface area contributed by atoms with Gasteiger partial charge in [-0.2, -0.15) is 4.98 Å². The van der Waals surface area contributed by atoms with Gasteiger partial charge in [0.1, 0.15) is 0 Å². The zero-order chi connectivity index (χ0) is 17.9. The Bertz CT molecular complexity index is 928. The Balaban J connectivity index is 1.37. The maximum atomic E-state index is 12.5. The average molecular weight is 370 g/mol. The molecule has 0 fully saturated rings. The molecule has 26 heavy (non-hydrogen) atoms. The van der Waals surface area contributed by atoms with E-state index in [9.17, 15) is 4.79 Å². The maximum absolute atomic E-state index is 12.5. The molecule has 0 unspecified atom stereocenters. The first-order valence-corrected chi connectivity index (χ1v) is 8.71. The van der Waals surface area contributed by atoms with Crippen molar-refractivity contribution in [3.05, 3.63) is 59.0 Å². The molecule has 4 rings (SSSR count). The van der Waals surface area contributed by atoms with Crippen molar-refractivity contribution in [1.29, 1.82) is 0 Å². The predicted octanol–water partition coefficient (Wildman–Crippen LogP) is 2.70. The number of hydrogen-bond donors (Lipinski definition) is 0. The smallest absolute Gasteiger partial charge is 0.227 e. The van der Waals surface area contributed by atoms with Crippen LogP contribution in [0.3, 0.4) is 0 Å². The lowest BCUT2D eigenvalue weighted by Crippen LogP contribution is -2.36. The van der Waals surface area contributed by atoms with Gasteiger partial charge in [-0.1, -0.05) is 16.8 Å². The van der Waals surface area contributed by atoms with Gasteiger partial charge in [-0.3, -0.25) is 14.8 Å². The molecule has 8 heteroatoms. The molecular weight excluding hydrogens is 354 g/mol. The average Bonchev–Trinajstić information content (AvgIpc) is 3.15. The Labute approximate surface area is 155 Å². The van der Waals surface area contributed by atoms with Crippen molar-refractivity contribution in [2.45, 2.75) is 25.8 Å². The molecule has 0 atom stereocenters. The molecule has 0 radical (unpaired) electrons. The Morgan fingerprint density at radius 2 is 2.15 bits per heavy atom. The minimum absolute atomic E-state index is 0.0549. The van der Waals surface area contributed by atoms with Gasteiger partial charge in [0.25, 0.3) is 0 Å². The quantitative estimate of drug-likeness (QED) is 0.703. The first-order chi connectivity index (χ1) is 12.7. The summed E-state index contributed by atoms with van der Waals surface area (Å²) in [6.07, 6.45) is 6.46. The van der Waals surface area contributed by atoms with Gasteiger partial charge in [0.2, 0.25) is 17.6 Å². The summed E-state index contributed by atoms with van der Waals surface area (Å²) in [6, 6.07) is 5.50. The van der Waals surface area contributed by atoms with E-state index in [-0.39, 0.29) is 5.91 Å². The Morgan fingerprint density at radius 3 is 3.00 bits per heavy atom. The number of rotatable bonds is 4. The van der Waals surface area contributed by atoms with Crippen LogP contribution < -0.4 is 0 Å². The first-order valence-electron chi connectivity index (χ1n) is 8.33. The van der Waals surface area contributed by atoms with E-state index >= 15 is 0 Å². The lowest BCUT2D eigenvalue weighted by Gasteiger charge is -2.28. The maximum Gasteiger partial charge on any atom is 0.227 e. The summed E-state index contributed by atoms with van der Waals surface area (Å²) >= 11 is 6.00. The van der Waals surface area contributed by atoms with E-state index in [4.69, 9.17) is 16.1 Å². The fourth-order valence-electron chi connectivity index (χ4n) is 2.96. The summed E-state index contributed by atoms with van der Waals surface area (Å²) in [5, 5.41) is 4.54. The lowest BCUT2D eigenvalue weighted by molar-refractivity contribution is -0.132. The summed E-state index contributed by atoms with van der Waals surface area (Å²) in [5.74, 6) is 1.01. The third-order valence-corrected chi connectivity index (χ3v) is 4.52. The molecule has 0 aromatic carbocycles. The van der Waals surface area contributed by atoms with Crippen molar-refractivity contribution in [1.82, 2.24) is 25.0 Å². The number of aryl methyl sites for hydroxylation is 1. The van der Waals surface area contributed by atoms with Crippen molar-refractivity contribution in [2.24, 2.45) is 0 Å². The number of hydrogen-bond acceptors (Lipinski definition) is 6. The second-order valence-electron chi connectivity index (χ2n) is 6.07. The van der Waals surface area contributed by atoms with Crippen LogP contribution in [0.4, 0.5) is 0 Å². The van der Waals surface area contributed by atoms with Gasteiger partial charge in [-0.15, -0.1) is 0 Å². The van der Waals surface area contributed by atoms with E-state index in [1.807, 2.05) is 23.1 Å². The third kappa shape index (κ3) is 3.57. The standard InChI is InChI=1S/C18H16ClN5O2/c19-14-9-13-11-24(8-5-15(13)21-10-14)17(25)2-1-16-22-18(23-26-16)12-3-6-20-7-4-12/h3-4,6-7,9-10H,1-2,5,8,11H2. The molecule has 132 valence electrons. The first kappa shape index (κ1) is 16.7. The molecule has 1 aliphatic rings. The molecule has 3 aromatic rings. The number of fused-ring (bicyclic) bond motifs is 1. The monoisotopic (exact) mass is 369 g/mol. The van der Waals surface area contributed by atoms with Gasteiger partial charge >= 0.3 is 0 Å². The van der Waals surface area contributed by atoms with Gasteiger partial charge in [-0.25, -0.2) is 0 Å². The van der Waals surface area contributed by atoms with E-state index in [0.29, 0.717) is 42.7 Å². The van der Waals surface area contributed by atoms with Crippen molar-refractivity contribution in [3.8, 4) is 11.4 Å². The lowest BCUT2D eigenvalue weighted by atomic mass is 10.1. The molecule has 3 aromatic heterocycles. The number of carbonyl (C=O) groups excluding carboxylic acids is 1. The van der Waals surface area contributed by atoms with Crippen LogP contribution in [0.1, 0.15) is 23.6 Å². The highest BCUT2D eigenvalue weighted by Gasteiger charge is 2.22. The van der Waals surface area contributed by atoms with Crippen LogP contribution >= 0.6 is 11.6 Å². The zero-order valence-electron chi connectivity index (χ0n) is 13.9. The van der Waals surface area contributed by atoms with Gasteiger partial charge < -0.3 is 9.42 Å². The Hall–Kier alpha value is -2.80. The van der Waals surface area contributed by atoms with Crippen LogP contribution in [0.2, 0.25) is 5.02 Å². The molecule has 0 saturated heterocycles. The van der Waals surface area contributed by atoms with Crippen molar-refractivity contribution >= 4 is 17.5 Å². The second-order valence-corrected chi connectivity index (χ2v) is 6.51. The normalized spacial score (nSPS) is 13.5. The zero-order valence-corrected chi connectivity index (χ0v) is 14.7. The summed E-state index contributed by atoms with van der Waals surface area (Å²) < 4.78 is 5.25.